The van der Waals surface area contributed by atoms with Crippen LogP contribution in [-0.4, -0.2) is 18.0 Å². The van der Waals surface area contributed by atoms with Gasteiger partial charge in [-0.15, -0.1) is 11.5 Å². The minimum Gasteiger partial charge on any atom is -0.873 e. The second-order valence-corrected chi connectivity index (χ2v) is 15.0. The Morgan fingerprint density at radius 2 is 1.02 bits per heavy atom. The van der Waals surface area contributed by atoms with Gasteiger partial charge in [0.15, 0.2) is 0 Å². The van der Waals surface area contributed by atoms with E-state index in [1.165, 1.54) is 33.0 Å². The van der Waals surface area contributed by atoms with E-state index in [2.05, 4.69) is 100 Å². The smallest absolute Gasteiger partial charge is 0.873 e. The molecule has 6 rings (SSSR count). The first kappa shape index (κ1) is 38.4. The van der Waals surface area contributed by atoms with E-state index in [-0.39, 0.29) is 21.9 Å². The van der Waals surface area contributed by atoms with Crippen LogP contribution < -0.4 is 14.9 Å². The predicted molar refractivity (Wildman–Crippen MR) is 202 cm³/mol. The predicted octanol–water partition coefficient (Wildman–Crippen LogP) is 10.2. The van der Waals surface area contributed by atoms with Gasteiger partial charge in [-0.2, -0.15) is 0 Å². The summed E-state index contributed by atoms with van der Waals surface area (Å²) in [6.45, 7) is 22.4. The fraction of sp³-hybridized carbons (Fsp3) is 0.318. The maximum Gasteiger partial charge on any atom is 2.00 e. The van der Waals surface area contributed by atoms with Gasteiger partial charge in [0.1, 0.15) is 5.75 Å². The molecular weight excluding hydrogens is 663 g/mol. The third-order valence-electron chi connectivity index (χ3n) is 9.02. The molecule has 0 saturated heterocycles. The molecule has 0 bridgehead atoms. The molecule has 5 nitrogen and oxygen atoms in total. The van der Waals surface area contributed by atoms with Crippen LogP contribution in [-0.2, 0) is 27.3 Å². The zero-order valence-electron chi connectivity index (χ0n) is 31.1. The van der Waals surface area contributed by atoms with Crippen molar-refractivity contribution in [3.8, 4) is 17.2 Å². The van der Waals surface area contributed by atoms with Crippen molar-refractivity contribution >= 4 is 33.6 Å². The van der Waals surface area contributed by atoms with Crippen LogP contribution in [0.4, 0.5) is 11.4 Å². The van der Waals surface area contributed by atoms with Crippen LogP contribution in [0.1, 0.15) is 93.0 Å². The monoisotopic (exact) mass is 710 g/mol. The molecule has 262 valence electrons. The summed E-state index contributed by atoms with van der Waals surface area (Å²) in [5, 5.41) is 27.1. The zero-order chi connectivity index (χ0) is 35.8. The number of rotatable bonds is 4. The van der Waals surface area contributed by atoms with Crippen LogP contribution in [0, 0.1) is 27.7 Å². The quantitative estimate of drug-likeness (QED) is 0.174. The van der Waals surface area contributed by atoms with E-state index in [1.54, 1.807) is 6.07 Å². The number of nitrogens with zero attached hydrogens (tertiary/aromatic N) is 2. The second-order valence-electron chi connectivity index (χ2n) is 15.0. The molecule has 0 radical (unpaired) electrons. The van der Waals surface area contributed by atoms with Gasteiger partial charge >= 0.3 is 16.5 Å². The Hall–Kier alpha value is -4.41. The van der Waals surface area contributed by atoms with Crippen molar-refractivity contribution in [2.45, 2.75) is 87.0 Å². The standard InChI is InChI=1S/C28H24N2.C16H26O3.Ni/c1-17-9-5-10-18(2)25(17)29-27-22-15-7-13-21-14-8-16-23(24(21)22)28(27)30-26-19(3)11-6-12-20(26)4;1-8-19-11-9-10(15(2,3)4)13(17)14(18)12(11)16(5,6)7;/h5-16H,1-4H3;9,17-18H,8H2,1-7H3;/q;;+2/p-2/b29-27-,30-28+;;. The summed E-state index contributed by atoms with van der Waals surface area (Å²) in [5.74, 6) is -0.284. The molecule has 0 fully saturated rings. The van der Waals surface area contributed by atoms with Gasteiger partial charge in [0.05, 0.1) is 29.4 Å². The molecular formula is C44H48N2NiO3. The average Bonchev–Trinajstić information content (AvgIpc) is 3.31. The van der Waals surface area contributed by atoms with Crippen molar-refractivity contribution in [2.75, 3.05) is 6.61 Å². The summed E-state index contributed by atoms with van der Waals surface area (Å²) in [7, 11) is 0. The van der Waals surface area contributed by atoms with Crippen LogP contribution >= 0.6 is 0 Å². The van der Waals surface area contributed by atoms with Gasteiger partial charge in [-0.05, 0) is 90.3 Å². The molecule has 0 unspecified atom stereocenters. The maximum absolute atomic E-state index is 12.4. The van der Waals surface area contributed by atoms with E-state index >= 15 is 0 Å². The number of para-hydroxylation sites is 2. The Kier molecular flexibility index (Phi) is 11.4. The molecule has 1 aliphatic carbocycles. The minimum atomic E-state index is -0.427. The summed E-state index contributed by atoms with van der Waals surface area (Å²) in [4.78, 5) is 10.4. The molecule has 0 heterocycles. The van der Waals surface area contributed by atoms with Gasteiger partial charge in [0, 0.05) is 16.5 Å². The van der Waals surface area contributed by atoms with Crippen LogP contribution in [0.3, 0.4) is 0 Å². The van der Waals surface area contributed by atoms with Gasteiger partial charge in [-0.1, -0.05) is 114 Å². The summed E-state index contributed by atoms with van der Waals surface area (Å²) in [6, 6.07) is 27.3. The Morgan fingerprint density at radius 3 is 1.40 bits per heavy atom. The van der Waals surface area contributed by atoms with Crippen molar-refractivity contribution in [2.24, 2.45) is 9.98 Å². The Morgan fingerprint density at radius 1 is 0.600 bits per heavy atom. The molecule has 0 saturated carbocycles. The maximum atomic E-state index is 12.4. The number of aliphatic imine (C=N–C) groups is 2. The minimum absolute atomic E-state index is 0. The van der Waals surface area contributed by atoms with Gasteiger partial charge in [0.25, 0.3) is 0 Å². The van der Waals surface area contributed by atoms with E-state index in [9.17, 15) is 10.2 Å². The normalized spacial score (nSPS) is 14.1. The first-order valence-electron chi connectivity index (χ1n) is 17.1. The second kappa shape index (κ2) is 14.8. The van der Waals surface area contributed by atoms with Crippen molar-refractivity contribution in [3.05, 3.63) is 123 Å². The molecule has 0 aliphatic heterocycles. The molecule has 5 aromatic carbocycles. The topological polar surface area (TPSA) is 80.1 Å². The van der Waals surface area contributed by atoms with E-state index < -0.39 is 16.9 Å². The zero-order valence-corrected chi connectivity index (χ0v) is 32.1. The molecule has 0 atom stereocenters. The molecule has 0 spiro atoms. The van der Waals surface area contributed by atoms with E-state index in [0.717, 1.165) is 33.9 Å². The molecule has 6 heteroatoms. The van der Waals surface area contributed by atoms with Crippen LogP contribution in [0.2, 0.25) is 0 Å². The van der Waals surface area contributed by atoms with Crippen molar-refractivity contribution in [3.63, 3.8) is 0 Å². The van der Waals surface area contributed by atoms with Crippen LogP contribution in [0.25, 0.3) is 10.8 Å². The third-order valence-corrected chi connectivity index (χ3v) is 9.02. The largest absolute Gasteiger partial charge is 2.00 e. The SMILES string of the molecule is CCOc1cc(C(C)(C)C)c([O-])c([O-])c1C(C)(C)C.Cc1cccc(C)c1/N=C1\C(=N\c2c(C)cccc2C)c2cccc3cccc1c23.[Ni+2]. The Balaban J connectivity index is 0.000000245. The van der Waals surface area contributed by atoms with Crippen molar-refractivity contribution in [1.29, 1.82) is 0 Å². The summed E-state index contributed by atoms with van der Waals surface area (Å²) in [5.41, 5.74) is 11.3. The number of hydrogen-bond acceptors (Lipinski definition) is 5. The van der Waals surface area contributed by atoms with Gasteiger partial charge in [0.2, 0.25) is 0 Å². The molecule has 50 heavy (non-hydrogen) atoms. The fourth-order valence-corrected chi connectivity index (χ4v) is 6.56. The van der Waals surface area contributed by atoms with E-state index in [0.29, 0.717) is 23.5 Å². The number of ether oxygens (including phenoxy) is 1. The first-order valence-corrected chi connectivity index (χ1v) is 17.1. The van der Waals surface area contributed by atoms with Crippen molar-refractivity contribution in [1.82, 2.24) is 0 Å². The van der Waals surface area contributed by atoms with Crippen LogP contribution in [0.15, 0.2) is 88.8 Å². The summed E-state index contributed by atoms with van der Waals surface area (Å²) < 4.78 is 5.60. The van der Waals surface area contributed by atoms with Gasteiger partial charge < -0.3 is 14.9 Å². The van der Waals surface area contributed by atoms with Crippen LogP contribution in [0.5, 0.6) is 17.2 Å². The molecule has 5 aromatic rings. The van der Waals surface area contributed by atoms with E-state index in [1.807, 2.05) is 48.5 Å². The third kappa shape index (κ3) is 7.51. The van der Waals surface area contributed by atoms with E-state index in [4.69, 9.17) is 14.7 Å². The fourth-order valence-electron chi connectivity index (χ4n) is 6.56. The molecule has 1 aliphatic rings. The number of benzene rings is 5. The molecule has 0 aromatic heterocycles. The molecule has 0 N–H and O–H groups in total. The average molecular weight is 712 g/mol. The number of hydrogen-bond donors (Lipinski definition) is 0. The van der Waals surface area contributed by atoms with Gasteiger partial charge in [-0.25, -0.2) is 9.98 Å². The first-order chi connectivity index (χ1) is 23.0. The summed E-state index contributed by atoms with van der Waals surface area (Å²) >= 11 is 0. The Bertz CT molecular complexity index is 1970. The Labute approximate surface area is 308 Å². The summed E-state index contributed by atoms with van der Waals surface area (Å²) in [6.07, 6.45) is 0. The van der Waals surface area contributed by atoms with Gasteiger partial charge in [-0.3, -0.25) is 0 Å². The molecule has 0 amide bonds. The number of aryl methyl sites for hydroxylation is 4. The van der Waals surface area contributed by atoms with Crippen molar-refractivity contribution < 1.29 is 31.4 Å².